The third kappa shape index (κ3) is 3.21. The molecule has 2 aromatic rings. The Labute approximate surface area is 146 Å². The second kappa shape index (κ2) is 6.61. The molecule has 1 spiro atoms. The fourth-order valence-electron chi connectivity index (χ4n) is 4.07. The van der Waals surface area contributed by atoms with Crippen LogP contribution >= 0.6 is 11.3 Å². The summed E-state index contributed by atoms with van der Waals surface area (Å²) in [6.45, 7) is 4.95. The van der Waals surface area contributed by atoms with Gasteiger partial charge in [0.2, 0.25) is 0 Å². The molecular formula is C18H22N4OS. The predicted octanol–water partition coefficient (Wildman–Crippen LogP) is 2.67. The summed E-state index contributed by atoms with van der Waals surface area (Å²) in [5.74, 6) is 0.0267. The van der Waals surface area contributed by atoms with Crippen LogP contribution in [0.15, 0.2) is 36.1 Å². The van der Waals surface area contributed by atoms with E-state index in [-0.39, 0.29) is 11.3 Å². The van der Waals surface area contributed by atoms with Gasteiger partial charge in [0.1, 0.15) is 5.69 Å². The van der Waals surface area contributed by atoms with Gasteiger partial charge in [-0.3, -0.25) is 14.7 Å². The van der Waals surface area contributed by atoms with Crippen molar-refractivity contribution in [3.05, 3.63) is 46.7 Å². The Kier molecular flexibility index (Phi) is 4.33. The van der Waals surface area contributed by atoms with Crippen LogP contribution in [0.5, 0.6) is 0 Å². The van der Waals surface area contributed by atoms with Crippen LogP contribution in [0.4, 0.5) is 0 Å². The summed E-state index contributed by atoms with van der Waals surface area (Å²) in [6.07, 6.45) is 8.25. The summed E-state index contributed by atoms with van der Waals surface area (Å²) >= 11 is 1.83. The first-order valence-corrected chi connectivity index (χ1v) is 9.42. The van der Waals surface area contributed by atoms with Crippen LogP contribution in [-0.4, -0.2) is 51.9 Å². The molecule has 2 aliphatic heterocycles. The molecule has 2 aliphatic rings. The number of hydrogen-bond donors (Lipinski definition) is 0. The van der Waals surface area contributed by atoms with Gasteiger partial charge in [-0.05, 0) is 37.3 Å². The van der Waals surface area contributed by atoms with Crippen molar-refractivity contribution in [2.24, 2.45) is 5.41 Å². The van der Waals surface area contributed by atoms with Gasteiger partial charge in [0.05, 0.1) is 6.20 Å². The highest BCUT2D eigenvalue weighted by molar-refractivity contribution is 7.09. The predicted molar refractivity (Wildman–Crippen MR) is 93.8 cm³/mol. The highest BCUT2D eigenvalue weighted by Gasteiger charge is 2.42. The zero-order chi connectivity index (χ0) is 16.4. The number of piperidine rings is 1. The zero-order valence-electron chi connectivity index (χ0n) is 13.7. The molecule has 0 aromatic carbocycles. The molecule has 2 fully saturated rings. The molecule has 24 heavy (non-hydrogen) atoms. The lowest BCUT2D eigenvalue weighted by Crippen LogP contribution is -2.47. The highest BCUT2D eigenvalue weighted by Crippen LogP contribution is 2.39. The Morgan fingerprint density at radius 2 is 2.21 bits per heavy atom. The van der Waals surface area contributed by atoms with Crippen LogP contribution in [0, 0.1) is 5.41 Å². The number of carbonyl (C=O) groups excluding carboxylic acids is 1. The Balaban J connectivity index is 1.42. The van der Waals surface area contributed by atoms with E-state index in [1.807, 2.05) is 16.2 Å². The van der Waals surface area contributed by atoms with Crippen LogP contribution in [0.1, 0.15) is 34.6 Å². The zero-order valence-corrected chi connectivity index (χ0v) is 14.5. The molecule has 5 nitrogen and oxygen atoms in total. The Morgan fingerprint density at radius 1 is 1.25 bits per heavy atom. The molecule has 0 bridgehead atoms. The second-order valence-corrected chi connectivity index (χ2v) is 7.99. The molecule has 0 aliphatic carbocycles. The van der Waals surface area contributed by atoms with E-state index in [9.17, 15) is 4.79 Å². The lowest BCUT2D eigenvalue weighted by atomic mass is 9.79. The molecule has 0 saturated carbocycles. The fourth-order valence-corrected chi connectivity index (χ4v) is 4.82. The largest absolute Gasteiger partial charge is 0.337 e. The van der Waals surface area contributed by atoms with Crippen LogP contribution < -0.4 is 0 Å². The van der Waals surface area contributed by atoms with Gasteiger partial charge in [-0.25, -0.2) is 4.98 Å². The van der Waals surface area contributed by atoms with E-state index < -0.39 is 0 Å². The molecule has 6 heteroatoms. The summed E-state index contributed by atoms with van der Waals surface area (Å²) in [5.41, 5.74) is 0.718. The van der Waals surface area contributed by atoms with E-state index in [0.29, 0.717) is 5.69 Å². The van der Waals surface area contributed by atoms with Crippen LogP contribution in [-0.2, 0) is 6.54 Å². The number of nitrogens with zero attached hydrogens (tertiary/aromatic N) is 4. The SMILES string of the molecule is O=C(c1cnccn1)N1CCC[C@@]2(CCN(Cc3cccs3)C2)C1. The molecular weight excluding hydrogens is 320 g/mol. The van der Waals surface area contributed by atoms with E-state index in [1.165, 1.54) is 17.7 Å². The average Bonchev–Trinajstić information content (AvgIpc) is 3.26. The number of hydrogen-bond acceptors (Lipinski definition) is 5. The Hall–Kier alpha value is -1.79. The molecule has 1 atom stereocenters. The number of aromatic nitrogens is 2. The molecule has 0 radical (unpaired) electrons. The van der Waals surface area contributed by atoms with Crippen molar-refractivity contribution in [1.29, 1.82) is 0 Å². The molecule has 1 amide bonds. The maximum Gasteiger partial charge on any atom is 0.274 e. The molecule has 4 heterocycles. The number of thiophene rings is 1. The van der Waals surface area contributed by atoms with Crippen molar-refractivity contribution in [3.8, 4) is 0 Å². The third-order valence-electron chi connectivity index (χ3n) is 5.21. The van der Waals surface area contributed by atoms with Crippen molar-refractivity contribution >= 4 is 17.2 Å². The highest BCUT2D eigenvalue weighted by atomic mass is 32.1. The summed E-state index contributed by atoms with van der Waals surface area (Å²) in [5, 5.41) is 2.14. The molecule has 0 N–H and O–H groups in total. The average molecular weight is 342 g/mol. The first kappa shape index (κ1) is 15.7. The van der Waals surface area contributed by atoms with E-state index in [2.05, 4.69) is 32.4 Å². The Morgan fingerprint density at radius 3 is 3.00 bits per heavy atom. The summed E-state index contributed by atoms with van der Waals surface area (Å²) < 4.78 is 0. The minimum absolute atomic E-state index is 0.0267. The van der Waals surface area contributed by atoms with Crippen molar-refractivity contribution in [2.75, 3.05) is 26.2 Å². The van der Waals surface area contributed by atoms with Crippen molar-refractivity contribution < 1.29 is 4.79 Å². The molecule has 2 saturated heterocycles. The van der Waals surface area contributed by atoms with E-state index in [0.717, 1.165) is 39.1 Å². The summed E-state index contributed by atoms with van der Waals surface area (Å²) in [7, 11) is 0. The topological polar surface area (TPSA) is 49.3 Å². The van der Waals surface area contributed by atoms with Gasteiger partial charge in [-0.2, -0.15) is 0 Å². The number of carbonyl (C=O) groups is 1. The minimum atomic E-state index is 0.0267. The van der Waals surface area contributed by atoms with Crippen molar-refractivity contribution in [3.63, 3.8) is 0 Å². The number of amides is 1. The number of rotatable bonds is 3. The van der Waals surface area contributed by atoms with Gasteiger partial charge < -0.3 is 4.90 Å². The Bertz CT molecular complexity index is 690. The number of likely N-dealkylation sites (tertiary alicyclic amines) is 2. The lowest BCUT2D eigenvalue weighted by Gasteiger charge is -2.40. The summed E-state index contributed by atoms with van der Waals surface area (Å²) in [6, 6.07) is 4.33. The van der Waals surface area contributed by atoms with Crippen molar-refractivity contribution in [1.82, 2.24) is 19.8 Å². The lowest BCUT2D eigenvalue weighted by molar-refractivity contribution is 0.0521. The van der Waals surface area contributed by atoms with Gasteiger partial charge in [-0.1, -0.05) is 6.07 Å². The van der Waals surface area contributed by atoms with Gasteiger partial charge in [0, 0.05) is 48.9 Å². The van der Waals surface area contributed by atoms with Crippen LogP contribution in [0.3, 0.4) is 0 Å². The summed E-state index contributed by atoms with van der Waals surface area (Å²) in [4.78, 5) is 26.8. The normalized spacial score (nSPS) is 24.6. The molecule has 2 aromatic heterocycles. The third-order valence-corrected chi connectivity index (χ3v) is 6.07. The first-order valence-electron chi connectivity index (χ1n) is 8.54. The van der Waals surface area contributed by atoms with Gasteiger partial charge >= 0.3 is 0 Å². The van der Waals surface area contributed by atoms with E-state index in [4.69, 9.17) is 0 Å². The standard InChI is InChI=1S/C18H22N4OS/c23-17(16-11-19-6-7-20-16)22-8-2-4-18(14-22)5-9-21(13-18)12-15-3-1-10-24-15/h1,3,6-7,10-11H,2,4-5,8-9,12-14H2/t18-/m0/s1. The maximum absolute atomic E-state index is 12.7. The van der Waals surface area contributed by atoms with Gasteiger partial charge in [-0.15, -0.1) is 11.3 Å². The van der Waals surface area contributed by atoms with Gasteiger partial charge in [0.15, 0.2) is 0 Å². The van der Waals surface area contributed by atoms with E-state index in [1.54, 1.807) is 18.6 Å². The monoisotopic (exact) mass is 342 g/mol. The van der Waals surface area contributed by atoms with Crippen molar-refractivity contribution in [2.45, 2.75) is 25.8 Å². The molecule has 126 valence electrons. The van der Waals surface area contributed by atoms with Gasteiger partial charge in [0.25, 0.3) is 5.91 Å². The minimum Gasteiger partial charge on any atom is -0.337 e. The second-order valence-electron chi connectivity index (χ2n) is 6.96. The molecule has 0 unspecified atom stereocenters. The van der Waals surface area contributed by atoms with Crippen LogP contribution in [0.2, 0.25) is 0 Å². The first-order chi connectivity index (χ1) is 11.7. The quantitative estimate of drug-likeness (QED) is 0.860. The smallest absolute Gasteiger partial charge is 0.274 e. The maximum atomic E-state index is 12.7. The fraction of sp³-hybridized carbons (Fsp3) is 0.500. The molecule has 4 rings (SSSR count). The van der Waals surface area contributed by atoms with E-state index >= 15 is 0 Å². The van der Waals surface area contributed by atoms with Crippen LogP contribution in [0.25, 0.3) is 0 Å².